The second-order valence-corrected chi connectivity index (χ2v) is 8.39. The Morgan fingerprint density at radius 1 is 1.25 bits per heavy atom. The minimum absolute atomic E-state index is 0.311. The Morgan fingerprint density at radius 2 is 2.11 bits per heavy atom. The predicted molar refractivity (Wildman–Crippen MR) is 117 cm³/mol. The van der Waals surface area contributed by atoms with Gasteiger partial charge in [0.1, 0.15) is 5.75 Å². The molecule has 4 nitrogen and oxygen atoms in total. The monoisotopic (exact) mass is 391 g/mol. The molecular weight excluding hydrogens is 365 g/mol. The molecule has 0 saturated heterocycles. The molecule has 28 heavy (non-hydrogen) atoms. The number of aromatic nitrogens is 1. The van der Waals surface area contributed by atoms with Crippen molar-refractivity contribution in [1.29, 1.82) is 0 Å². The van der Waals surface area contributed by atoms with Crippen LogP contribution in [-0.2, 0) is 6.54 Å². The molecule has 0 radical (unpaired) electrons. The largest absolute Gasteiger partial charge is 0.497 e. The Labute approximate surface area is 168 Å². The van der Waals surface area contributed by atoms with Gasteiger partial charge in [0.2, 0.25) is 0 Å². The average Bonchev–Trinajstić information content (AvgIpc) is 2.91. The maximum Gasteiger partial charge on any atom is 0.119 e. The molecule has 2 aliphatic rings. The zero-order valence-corrected chi connectivity index (χ0v) is 17.4. The molecule has 0 bridgehead atoms. The van der Waals surface area contributed by atoms with Gasteiger partial charge in [0.25, 0.3) is 0 Å². The van der Waals surface area contributed by atoms with Crippen LogP contribution in [0.3, 0.4) is 0 Å². The number of methoxy groups -OCH3 is 1. The summed E-state index contributed by atoms with van der Waals surface area (Å²) in [7, 11) is 2.33. The van der Waals surface area contributed by atoms with Crippen LogP contribution in [-0.4, -0.2) is 22.5 Å². The van der Waals surface area contributed by atoms with Crippen LogP contribution < -0.4 is 10.1 Å². The normalized spacial score (nSPS) is 20.0. The van der Waals surface area contributed by atoms with E-state index in [-0.39, 0.29) is 0 Å². The summed E-state index contributed by atoms with van der Waals surface area (Å²) in [5.74, 6) is 1.21. The number of hydrogen-bond acceptors (Lipinski definition) is 4. The molecule has 2 aliphatic heterocycles. The molecule has 144 valence electrons. The van der Waals surface area contributed by atoms with Gasteiger partial charge in [0, 0.05) is 44.6 Å². The van der Waals surface area contributed by atoms with Crippen LogP contribution in [0.2, 0.25) is 0 Å². The van der Waals surface area contributed by atoms with E-state index in [1.165, 1.54) is 28.1 Å². The maximum absolute atomic E-state index is 5.34. The summed E-state index contributed by atoms with van der Waals surface area (Å²) in [6.45, 7) is 3.07. The van der Waals surface area contributed by atoms with Gasteiger partial charge in [-0.15, -0.1) is 0 Å². The molecule has 3 heterocycles. The Balaban J connectivity index is 1.54. The number of nitrogens with one attached hydrogen (secondary N) is 1. The third kappa shape index (κ3) is 4.19. The lowest BCUT2D eigenvalue weighted by Crippen LogP contribution is -2.29. The van der Waals surface area contributed by atoms with Gasteiger partial charge in [-0.2, -0.15) is 0 Å². The zero-order chi connectivity index (χ0) is 19.3. The van der Waals surface area contributed by atoms with E-state index in [2.05, 4.69) is 64.4 Å². The van der Waals surface area contributed by atoms with E-state index < -0.39 is 0 Å². The van der Waals surface area contributed by atoms with E-state index in [4.69, 9.17) is 4.74 Å². The highest BCUT2D eigenvalue weighted by molar-refractivity contribution is 7.37. The lowest BCUT2D eigenvalue weighted by atomic mass is 10.1. The van der Waals surface area contributed by atoms with E-state index in [9.17, 15) is 0 Å². The fourth-order valence-corrected chi connectivity index (χ4v) is 5.00. The molecule has 1 aromatic heterocycles. The lowest BCUT2D eigenvalue weighted by Gasteiger charge is -2.35. The first-order valence-corrected chi connectivity index (χ1v) is 10.7. The molecule has 1 N–H and O–H groups in total. The maximum atomic E-state index is 5.34. The van der Waals surface area contributed by atoms with E-state index in [1.807, 2.05) is 24.5 Å². The van der Waals surface area contributed by atoms with Crippen molar-refractivity contribution >= 4 is 14.4 Å². The number of ether oxygens (including phenoxy) is 1. The molecular formula is C23H26N3OP. The van der Waals surface area contributed by atoms with Gasteiger partial charge < -0.3 is 14.7 Å². The van der Waals surface area contributed by atoms with Gasteiger partial charge in [-0.05, 0) is 61.2 Å². The first kappa shape index (κ1) is 18.9. The number of benzene rings is 1. The van der Waals surface area contributed by atoms with Crippen molar-refractivity contribution < 1.29 is 4.74 Å². The van der Waals surface area contributed by atoms with Gasteiger partial charge >= 0.3 is 0 Å². The van der Waals surface area contributed by atoms with E-state index in [1.54, 1.807) is 7.11 Å². The van der Waals surface area contributed by atoms with Crippen LogP contribution in [0.25, 0.3) is 5.70 Å². The van der Waals surface area contributed by atoms with E-state index in [0.717, 1.165) is 25.1 Å². The lowest BCUT2D eigenvalue weighted by molar-refractivity contribution is 0.414. The van der Waals surface area contributed by atoms with Gasteiger partial charge in [0.05, 0.1) is 12.9 Å². The van der Waals surface area contributed by atoms with E-state index in [0.29, 0.717) is 14.5 Å². The number of hydrogen-bond donors (Lipinski definition) is 1. The first-order valence-electron chi connectivity index (χ1n) is 9.66. The summed E-state index contributed by atoms with van der Waals surface area (Å²) in [6.07, 6.45) is 12.9. The van der Waals surface area contributed by atoms with Crippen molar-refractivity contribution in [3.63, 3.8) is 0 Å². The molecule has 0 saturated carbocycles. The highest BCUT2D eigenvalue weighted by Gasteiger charge is 2.25. The molecule has 2 aromatic rings. The summed E-state index contributed by atoms with van der Waals surface area (Å²) < 4.78 is 7.83. The SMILES string of the molecule is COc1cccc(CNC2C=CC3=C(C)CCC=C(c4ccncc4)N3P2)c1. The van der Waals surface area contributed by atoms with E-state index >= 15 is 0 Å². The fraction of sp³-hybridized carbons (Fsp3) is 0.261. The van der Waals surface area contributed by atoms with Crippen LogP contribution in [0.15, 0.2) is 78.3 Å². The Morgan fingerprint density at radius 3 is 2.93 bits per heavy atom. The molecule has 0 spiro atoms. The summed E-state index contributed by atoms with van der Waals surface area (Å²) in [5, 5.41) is 3.70. The standard InChI is InChI=1S/C23H26N3OP/c1-17-5-3-8-22(19-11-13-24-14-12-19)26-21(17)9-10-23(28-26)25-16-18-6-4-7-20(15-18)27-2/h4,6-15,23,25,28H,3,5,16H2,1-2H3. The van der Waals surface area contributed by atoms with Gasteiger partial charge in [-0.1, -0.05) is 24.3 Å². The molecule has 5 heteroatoms. The summed E-state index contributed by atoms with van der Waals surface area (Å²) >= 11 is 0. The summed E-state index contributed by atoms with van der Waals surface area (Å²) in [4.78, 5) is 4.18. The van der Waals surface area contributed by atoms with Gasteiger partial charge in [-0.25, -0.2) is 0 Å². The van der Waals surface area contributed by atoms with Crippen molar-refractivity contribution in [2.45, 2.75) is 32.1 Å². The summed E-state index contributed by atoms with van der Waals surface area (Å²) in [6, 6.07) is 12.4. The fourth-order valence-electron chi connectivity index (χ4n) is 3.58. The molecule has 2 atom stereocenters. The van der Waals surface area contributed by atoms with Crippen molar-refractivity contribution in [3.05, 3.63) is 89.4 Å². The zero-order valence-electron chi connectivity index (χ0n) is 16.4. The molecule has 1 aromatic carbocycles. The Hall–Kier alpha value is -2.42. The third-order valence-electron chi connectivity index (χ3n) is 5.13. The second kappa shape index (κ2) is 8.72. The molecule has 0 aliphatic carbocycles. The Kier molecular flexibility index (Phi) is 5.90. The smallest absolute Gasteiger partial charge is 0.119 e. The number of pyridine rings is 1. The highest BCUT2D eigenvalue weighted by atomic mass is 31.1. The number of allylic oxidation sites excluding steroid dienone is 3. The Bertz CT molecular complexity index is 920. The summed E-state index contributed by atoms with van der Waals surface area (Å²) in [5.41, 5.74) is 6.56. The van der Waals surface area contributed by atoms with Crippen LogP contribution in [0.5, 0.6) is 5.75 Å². The van der Waals surface area contributed by atoms with Crippen molar-refractivity contribution in [1.82, 2.24) is 15.0 Å². The number of rotatable bonds is 5. The third-order valence-corrected chi connectivity index (χ3v) is 6.54. The number of nitrogens with zero attached hydrogens (tertiary/aromatic N) is 2. The topological polar surface area (TPSA) is 37.4 Å². The van der Waals surface area contributed by atoms with Crippen molar-refractivity contribution in [2.24, 2.45) is 0 Å². The predicted octanol–water partition coefficient (Wildman–Crippen LogP) is 5.08. The molecule has 2 unspecified atom stereocenters. The van der Waals surface area contributed by atoms with Crippen LogP contribution in [0.1, 0.15) is 30.9 Å². The first-order chi connectivity index (χ1) is 13.7. The minimum Gasteiger partial charge on any atom is -0.497 e. The number of fused-ring (bicyclic) bond motifs is 1. The minimum atomic E-state index is 0.311. The van der Waals surface area contributed by atoms with Crippen LogP contribution in [0.4, 0.5) is 0 Å². The second-order valence-electron chi connectivity index (χ2n) is 7.06. The van der Waals surface area contributed by atoms with Crippen LogP contribution in [0, 0.1) is 0 Å². The van der Waals surface area contributed by atoms with Crippen LogP contribution >= 0.6 is 8.73 Å². The molecule has 4 rings (SSSR count). The quantitative estimate of drug-likeness (QED) is 0.722. The average molecular weight is 391 g/mol. The van der Waals surface area contributed by atoms with Gasteiger partial charge in [-0.3, -0.25) is 4.98 Å². The molecule has 0 amide bonds. The van der Waals surface area contributed by atoms with Gasteiger partial charge in [0.15, 0.2) is 0 Å². The molecule has 0 fully saturated rings. The highest BCUT2D eigenvalue weighted by Crippen LogP contribution is 2.44. The van der Waals surface area contributed by atoms with Crippen molar-refractivity contribution in [3.8, 4) is 5.75 Å². The van der Waals surface area contributed by atoms with Crippen molar-refractivity contribution in [2.75, 3.05) is 7.11 Å².